The van der Waals surface area contributed by atoms with Crippen LogP contribution in [0.25, 0.3) is 0 Å². The number of rotatable bonds is 1. The minimum atomic E-state index is 0.244. The summed E-state index contributed by atoms with van der Waals surface area (Å²) in [5.74, 6) is 0. The van der Waals surface area contributed by atoms with E-state index in [1.165, 1.54) is 31.5 Å². The van der Waals surface area contributed by atoms with Crippen molar-refractivity contribution in [2.24, 2.45) is 10.6 Å². The van der Waals surface area contributed by atoms with Gasteiger partial charge in [0.15, 0.2) is 0 Å². The van der Waals surface area contributed by atoms with Crippen molar-refractivity contribution < 1.29 is 4.84 Å². The first kappa shape index (κ1) is 10.9. The van der Waals surface area contributed by atoms with Crippen LogP contribution in [0.2, 0.25) is 0 Å². The lowest BCUT2D eigenvalue weighted by Gasteiger charge is -2.40. The van der Waals surface area contributed by atoms with Crippen LogP contribution in [0.5, 0.6) is 0 Å². The quantitative estimate of drug-likeness (QED) is 0.620. The van der Waals surface area contributed by atoms with E-state index >= 15 is 0 Å². The topological polar surface area (TPSA) is 24.8 Å². The Hall–Kier alpha value is -0.570. The molecule has 1 saturated heterocycles. The average molecular weight is 210 g/mol. The highest BCUT2D eigenvalue weighted by atomic mass is 16.6. The minimum Gasteiger partial charge on any atom is -0.399 e. The van der Waals surface area contributed by atoms with Crippen molar-refractivity contribution in [2.45, 2.75) is 45.6 Å². The molecule has 1 aliphatic heterocycles. The van der Waals surface area contributed by atoms with Crippen LogP contribution >= 0.6 is 0 Å². The molecule has 1 heterocycles. The molecular formula is C12H22N2O. The SMILES string of the molecule is CO/N=C1/CN(C(C)(C)C)CC12CCC2. The van der Waals surface area contributed by atoms with Gasteiger partial charge in [-0.15, -0.1) is 0 Å². The highest BCUT2D eigenvalue weighted by molar-refractivity contribution is 5.94. The molecular weight excluding hydrogens is 188 g/mol. The van der Waals surface area contributed by atoms with E-state index in [1.807, 2.05) is 0 Å². The third-order valence-electron chi connectivity index (χ3n) is 3.91. The van der Waals surface area contributed by atoms with Gasteiger partial charge < -0.3 is 4.84 Å². The van der Waals surface area contributed by atoms with E-state index in [9.17, 15) is 0 Å². The summed E-state index contributed by atoms with van der Waals surface area (Å²) in [5, 5.41) is 4.24. The van der Waals surface area contributed by atoms with Crippen LogP contribution in [0.15, 0.2) is 5.16 Å². The highest BCUT2D eigenvalue weighted by Crippen LogP contribution is 2.47. The standard InChI is InChI=1S/C12H22N2O/c1-11(2,3)14-8-10(13-15-4)12(9-14)6-5-7-12/h5-9H2,1-4H3/b13-10-. The normalized spacial score (nSPS) is 28.4. The minimum absolute atomic E-state index is 0.244. The lowest BCUT2D eigenvalue weighted by molar-refractivity contribution is 0.113. The molecule has 1 aliphatic carbocycles. The summed E-state index contributed by atoms with van der Waals surface area (Å²) in [5.41, 5.74) is 1.88. The Kier molecular flexibility index (Phi) is 2.53. The molecule has 0 aromatic heterocycles. The van der Waals surface area contributed by atoms with Gasteiger partial charge in [-0.25, -0.2) is 0 Å². The fourth-order valence-corrected chi connectivity index (χ4v) is 2.62. The molecule has 0 aromatic rings. The molecule has 1 spiro atoms. The van der Waals surface area contributed by atoms with E-state index < -0.39 is 0 Å². The molecule has 15 heavy (non-hydrogen) atoms. The van der Waals surface area contributed by atoms with E-state index in [4.69, 9.17) is 4.84 Å². The Labute approximate surface area is 92.5 Å². The lowest BCUT2D eigenvalue weighted by Crippen LogP contribution is -2.42. The Morgan fingerprint density at radius 3 is 2.40 bits per heavy atom. The smallest absolute Gasteiger partial charge is 0.106 e. The third-order valence-corrected chi connectivity index (χ3v) is 3.91. The van der Waals surface area contributed by atoms with E-state index in [0.29, 0.717) is 5.41 Å². The van der Waals surface area contributed by atoms with Crippen molar-refractivity contribution in [3.63, 3.8) is 0 Å². The molecule has 2 rings (SSSR count). The van der Waals surface area contributed by atoms with Crippen molar-refractivity contribution >= 4 is 5.71 Å². The predicted molar refractivity (Wildman–Crippen MR) is 62.1 cm³/mol. The fourth-order valence-electron chi connectivity index (χ4n) is 2.62. The van der Waals surface area contributed by atoms with Gasteiger partial charge in [-0.05, 0) is 33.6 Å². The van der Waals surface area contributed by atoms with Crippen LogP contribution in [0, 0.1) is 5.41 Å². The molecule has 3 heteroatoms. The number of nitrogens with zero attached hydrogens (tertiary/aromatic N) is 2. The zero-order valence-corrected chi connectivity index (χ0v) is 10.3. The first-order valence-electron chi connectivity index (χ1n) is 5.83. The largest absolute Gasteiger partial charge is 0.399 e. The molecule has 0 aromatic carbocycles. The Balaban J connectivity index is 2.17. The van der Waals surface area contributed by atoms with Gasteiger partial charge in [0, 0.05) is 24.0 Å². The summed E-state index contributed by atoms with van der Waals surface area (Å²) >= 11 is 0. The molecule has 0 unspecified atom stereocenters. The predicted octanol–water partition coefficient (Wildman–Crippen LogP) is 2.27. The van der Waals surface area contributed by atoms with Gasteiger partial charge in [0.2, 0.25) is 0 Å². The third kappa shape index (κ3) is 1.78. The first-order valence-corrected chi connectivity index (χ1v) is 5.83. The van der Waals surface area contributed by atoms with Gasteiger partial charge in [-0.3, -0.25) is 4.90 Å². The average Bonchev–Trinajstić information content (AvgIpc) is 2.43. The van der Waals surface area contributed by atoms with Gasteiger partial charge in [-0.1, -0.05) is 11.6 Å². The second-order valence-electron chi connectivity index (χ2n) is 5.88. The van der Waals surface area contributed by atoms with Crippen LogP contribution in [0.1, 0.15) is 40.0 Å². The van der Waals surface area contributed by atoms with Gasteiger partial charge in [-0.2, -0.15) is 0 Å². The van der Waals surface area contributed by atoms with Crippen LogP contribution in [-0.4, -0.2) is 36.3 Å². The maximum absolute atomic E-state index is 4.98. The van der Waals surface area contributed by atoms with Gasteiger partial charge in [0.25, 0.3) is 0 Å². The molecule has 0 N–H and O–H groups in total. The molecule has 0 bridgehead atoms. The van der Waals surface area contributed by atoms with E-state index in [1.54, 1.807) is 7.11 Å². The number of hydrogen-bond donors (Lipinski definition) is 0. The molecule has 0 atom stereocenters. The van der Waals surface area contributed by atoms with E-state index in [0.717, 1.165) is 6.54 Å². The Morgan fingerprint density at radius 2 is 2.00 bits per heavy atom. The molecule has 86 valence electrons. The first-order chi connectivity index (χ1) is 6.98. The Morgan fingerprint density at radius 1 is 1.33 bits per heavy atom. The van der Waals surface area contributed by atoms with E-state index in [2.05, 4.69) is 30.8 Å². The monoisotopic (exact) mass is 210 g/mol. The summed E-state index contributed by atoms with van der Waals surface area (Å²) in [4.78, 5) is 7.50. The zero-order valence-electron chi connectivity index (χ0n) is 10.3. The summed E-state index contributed by atoms with van der Waals surface area (Å²) in [6, 6.07) is 0. The molecule has 0 radical (unpaired) electrons. The van der Waals surface area contributed by atoms with Gasteiger partial charge >= 0.3 is 0 Å². The van der Waals surface area contributed by atoms with Crippen molar-refractivity contribution in [1.29, 1.82) is 0 Å². The molecule has 1 saturated carbocycles. The highest BCUT2D eigenvalue weighted by Gasteiger charge is 2.50. The summed E-state index contributed by atoms with van der Waals surface area (Å²) in [7, 11) is 1.65. The molecule has 2 aliphatic rings. The summed E-state index contributed by atoms with van der Waals surface area (Å²) in [6.07, 6.45) is 3.93. The summed E-state index contributed by atoms with van der Waals surface area (Å²) in [6.45, 7) is 8.97. The number of likely N-dealkylation sites (tertiary alicyclic amines) is 1. The van der Waals surface area contributed by atoms with Crippen LogP contribution in [0.4, 0.5) is 0 Å². The van der Waals surface area contributed by atoms with E-state index in [-0.39, 0.29) is 5.54 Å². The maximum Gasteiger partial charge on any atom is 0.106 e. The fraction of sp³-hybridized carbons (Fsp3) is 0.917. The summed E-state index contributed by atoms with van der Waals surface area (Å²) < 4.78 is 0. The molecule has 0 amide bonds. The maximum atomic E-state index is 4.98. The van der Waals surface area contributed by atoms with Crippen LogP contribution < -0.4 is 0 Å². The van der Waals surface area contributed by atoms with Crippen molar-refractivity contribution in [3.05, 3.63) is 0 Å². The zero-order chi connectivity index (χ0) is 11.1. The van der Waals surface area contributed by atoms with Crippen LogP contribution in [0.3, 0.4) is 0 Å². The van der Waals surface area contributed by atoms with Gasteiger partial charge in [0.1, 0.15) is 7.11 Å². The lowest BCUT2D eigenvalue weighted by atomic mass is 9.67. The molecule has 2 fully saturated rings. The van der Waals surface area contributed by atoms with Gasteiger partial charge in [0.05, 0.1) is 5.71 Å². The van der Waals surface area contributed by atoms with Crippen molar-refractivity contribution in [3.8, 4) is 0 Å². The van der Waals surface area contributed by atoms with Crippen molar-refractivity contribution in [2.75, 3.05) is 20.2 Å². The van der Waals surface area contributed by atoms with Crippen LogP contribution in [-0.2, 0) is 4.84 Å². The number of hydrogen-bond acceptors (Lipinski definition) is 3. The second-order valence-corrected chi connectivity index (χ2v) is 5.88. The van der Waals surface area contributed by atoms with Crippen molar-refractivity contribution in [1.82, 2.24) is 4.90 Å². The molecule has 3 nitrogen and oxygen atoms in total. The Bertz CT molecular complexity index is 274. The second kappa shape index (κ2) is 3.48. The number of oxime groups is 1.